The summed E-state index contributed by atoms with van der Waals surface area (Å²) in [6.07, 6.45) is 6.55. The number of benzene rings is 2. The van der Waals surface area contributed by atoms with Crippen molar-refractivity contribution in [2.45, 2.75) is 6.04 Å². The minimum atomic E-state index is -0.490. The highest BCUT2D eigenvalue weighted by molar-refractivity contribution is 5.80. The summed E-state index contributed by atoms with van der Waals surface area (Å²) in [7, 11) is 5.84. The van der Waals surface area contributed by atoms with Gasteiger partial charge in [-0.25, -0.2) is 13.8 Å². The molecule has 40 heavy (non-hydrogen) atoms. The predicted molar refractivity (Wildman–Crippen MR) is 156 cm³/mol. The van der Waals surface area contributed by atoms with Crippen LogP contribution < -0.4 is 20.9 Å². The molecule has 2 aromatic carbocycles. The summed E-state index contributed by atoms with van der Waals surface area (Å²) in [5.41, 5.74) is 3.63. The number of likely N-dealkylation sites (N-methyl/N-ethyl adjacent to an activating group) is 1. The van der Waals surface area contributed by atoms with Crippen molar-refractivity contribution in [3.8, 4) is 11.1 Å². The number of allylic oxidation sites excluding steroid dienone is 1. The number of nitrogens with zero attached hydrogens (tertiary/aromatic N) is 6. The topological polar surface area (TPSA) is 86.2 Å². The van der Waals surface area contributed by atoms with E-state index in [0.29, 0.717) is 45.7 Å². The Morgan fingerprint density at radius 1 is 1.05 bits per heavy atom. The van der Waals surface area contributed by atoms with Crippen molar-refractivity contribution >= 4 is 34.5 Å². The zero-order valence-corrected chi connectivity index (χ0v) is 22.6. The van der Waals surface area contributed by atoms with E-state index in [2.05, 4.69) is 49.1 Å². The lowest BCUT2D eigenvalue weighted by atomic mass is 10.0. The summed E-state index contributed by atoms with van der Waals surface area (Å²) in [5, 5.41) is 13.4. The fourth-order valence-corrected chi connectivity index (χ4v) is 4.34. The van der Waals surface area contributed by atoms with Gasteiger partial charge in [0.2, 0.25) is 5.95 Å². The summed E-state index contributed by atoms with van der Waals surface area (Å²) in [6, 6.07) is 9.95. The molecular formula is C29H31F2N9. The van der Waals surface area contributed by atoms with Gasteiger partial charge in [-0.05, 0) is 56.1 Å². The highest BCUT2D eigenvalue weighted by Gasteiger charge is 2.30. The smallest absolute Gasteiger partial charge is 0.229 e. The van der Waals surface area contributed by atoms with Gasteiger partial charge >= 0.3 is 0 Å². The standard InChI is InChI=1S/C29H31F2N9/c1-6-18(2)34-20-8-9-24(30)26(12-20)36-28-23(14-32-29(37-28)35-21-13-33-39(5)15-21)19-7-10-27(25(31)11-19)40-16-22(17-40)38(3)4/h6-15,22,34H,1-2,16-17H2,3-5H3,(H2,32,35,36,37). The molecule has 3 heterocycles. The number of halogens is 2. The highest BCUT2D eigenvalue weighted by atomic mass is 19.1. The van der Waals surface area contributed by atoms with E-state index in [1.54, 1.807) is 54.6 Å². The van der Waals surface area contributed by atoms with Crippen molar-refractivity contribution in [2.24, 2.45) is 7.05 Å². The van der Waals surface area contributed by atoms with Gasteiger partial charge in [0.05, 0.1) is 23.3 Å². The summed E-state index contributed by atoms with van der Waals surface area (Å²) >= 11 is 0. The maximum absolute atomic E-state index is 15.3. The zero-order valence-electron chi connectivity index (χ0n) is 22.6. The van der Waals surface area contributed by atoms with E-state index >= 15 is 4.39 Å². The van der Waals surface area contributed by atoms with Gasteiger partial charge in [-0.15, -0.1) is 0 Å². The van der Waals surface area contributed by atoms with E-state index in [1.165, 1.54) is 12.1 Å². The second-order valence-corrected chi connectivity index (χ2v) is 9.85. The van der Waals surface area contributed by atoms with Crippen molar-refractivity contribution in [3.63, 3.8) is 0 Å². The van der Waals surface area contributed by atoms with Crippen LogP contribution in [0.2, 0.25) is 0 Å². The molecule has 0 spiro atoms. The first-order valence-corrected chi connectivity index (χ1v) is 12.7. The molecule has 0 bridgehead atoms. The molecule has 11 heteroatoms. The van der Waals surface area contributed by atoms with E-state index < -0.39 is 5.82 Å². The molecule has 9 nitrogen and oxygen atoms in total. The minimum Gasteiger partial charge on any atom is -0.366 e. The lowest BCUT2D eigenvalue weighted by Gasteiger charge is -2.44. The van der Waals surface area contributed by atoms with E-state index in [9.17, 15) is 4.39 Å². The van der Waals surface area contributed by atoms with Gasteiger partial charge < -0.3 is 25.8 Å². The predicted octanol–water partition coefficient (Wildman–Crippen LogP) is 5.50. The van der Waals surface area contributed by atoms with Crippen LogP contribution in [-0.4, -0.2) is 57.9 Å². The lowest BCUT2D eigenvalue weighted by molar-refractivity contribution is 0.246. The molecule has 0 radical (unpaired) electrons. The Labute approximate surface area is 231 Å². The second-order valence-electron chi connectivity index (χ2n) is 9.85. The Morgan fingerprint density at radius 2 is 1.85 bits per heavy atom. The van der Waals surface area contributed by atoms with Crippen molar-refractivity contribution in [3.05, 3.63) is 91.6 Å². The molecule has 1 fully saturated rings. The Morgan fingerprint density at radius 3 is 2.52 bits per heavy atom. The van der Waals surface area contributed by atoms with Crippen LogP contribution in [0.3, 0.4) is 0 Å². The third-order valence-electron chi connectivity index (χ3n) is 6.71. The van der Waals surface area contributed by atoms with E-state index in [-0.39, 0.29) is 17.5 Å². The van der Waals surface area contributed by atoms with Crippen LogP contribution in [0.25, 0.3) is 11.1 Å². The molecule has 0 atom stereocenters. The molecule has 4 aromatic rings. The Bertz CT molecular complexity index is 1560. The molecule has 206 valence electrons. The second kappa shape index (κ2) is 11.1. The Hall–Kier alpha value is -4.77. The first-order valence-electron chi connectivity index (χ1n) is 12.7. The zero-order chi connectivity index (χ0) is 28.4. The molecule has 2 aromatic heterocycles. The van der Waals surface area contributed by atoms with E-state index in [0.717, 1.165) is 13.1 Å². The van der Waals surface area contributed by atoms with Gasteiger partial charge in [-0.1, -0.05) is 19.2 Å². The van der Waals surface area contributed by atoms with Crippen LogP contribution in [0.5, 0.6) is 0 Å². The number of nitrogens with one attached hydrogen (secondary N) is 3. The van der Waals surface area contributed by atoms with Crippen LogP contribution in [0.15, 0.2) is 79.9 Å². The quantitative estimate of drug-likeness (QED) is 0.226. The minimum absolute atomic E-state index is 0.168. The van der Waals surface area contributed by atoms with Crippen LogP contribution in [0.1, 0.15) is 0 Å². The summed E-state index contributed by atoms with van der Waals surface area (Å²) in [4.78, 5) is 13.2. The molecule has 1 aliphatic rings. The molecule has 0 saturated carbocycles. The molecule has 1 aliphatic heterocycles. The number of aryl methyl sites for hydroxylation is 1. The molecule has 3 N–H and O–H groups in total. The van der Waals surface area contributed by atoms with Crippen molar-refractivity contribution in [1.29, 1.82) is 0 Å². The van der Waals surface area contributed by atoms with Crippen LogP contribution in [0.4, 0.5) is 43.3 Å². The number of hydrogen-bond donors (Lipinski definition) is 3. The van der Waals surface area contributed by atoms with Crippen LogP contribution in [-0.2, 0) is 7.05 Å². The number of aromatic nitrogens is 4. The SMILES string of the molecule is C=CC(=C)Nc1ccc(F)c(Nc2nc(Nc3cnn(C)c3)ncc2-c2ccc(N3CC(N(C)C)C3)c(F)c2)c1. The van der Waals surface area contributed by atoms with Crippen molar-refractivity contribution < 1.29 is 8.78 Å². The van der Waals surface area contributed by atoms with E-state index in [1.807, 2.05) is 25.1 Å². The van der Waals surface area contributed by atoms with Crippen molar-refractivity contribution in [1.82, 2.24) is 24.6 Å². The summed E-state index contributed by atoms with van der Waals surface area (Å²) in [6.45, 7) is 9.04. The normalized spacial score (nSPS) is 13.2. The third kappa shape index (κ3) is 5.79. The molecule has 5 rings (SSSR count). The monoisotopic (exact) mass is 543 g/mol. The first kappa shape index (κ1) is 26.8. The number of rotatable bonds is 10. The van der Waals surface area contributed by atoms with E-state index in [4.69, 9.17) is 0 Å². The molecule has 0 unspecified atom stereocenters. The Kier molecular flexibility index (Phi) is 7.47. The van der Waals surface area contributed by atoms with Gasteiger partial charge in [0.25, 0.3) is 0 Å². The van der Waals surface area contributed by atoms with Crippen LogP contribution >= 0.6 is 0 Å². The van der Waals surface area contributed by atoms with Crippen LogP contribution in [0, 0.1) is 11.6 Å². The van der Waals surface area contributed by atoms with Crippen molar-refractivity contribution in [2.75, 3.05) is 48.0 Å². The first-order chi connectivity index (χ1) is 19.2. The molecule has 0 aliphatic carbocycles. The maximum Gasteiger partial charge on any atom is 0.229 e. The fourth-order valence-electron chi connectivity index (χ4n) is 4.34. The largest absolute Gasteiger partial charge is 0.366 e. The molecule has 0 amide bonds. The average Bonchev–Trinajstić information content (AvgIpc) is 3.30. The highest BCUT2D eigenvalue weighted by Crippen LogP contribution is 2.35. The molecular weight excluding hydrogens is 512 g/mol. The van der Waals surface area contributed by atoms with Gasteiger partial charge in [0.15, 0.2) is 0 Å². The number of hydrogen-bond acceptors (Lipinski definition) is 8. The van der Waals surface area contributed by atoms with Gasteiger partial charge in [0.1, 0.15) is 17.5 Å². The summed E-state index contributed by atoms with van der Waals surface area (Å²) in [5.74, 6) is -0.278. The third-order valence-corrected chi connectivity index (χ3v) is 6.71. The lowest BCUT2D eigenvalue weighted by Crippen LogP contribution is -2.57. The van der Waals surface area contributed by atoms with Gasteiger partial charge in [-0.2, -0.15) is 10.1 Å². The Balaban J connectivity index is 1.49. The van der Waals surface area contributed by atoms with Gasteiger partial charge in [-0.3, -0.25) is 4.68 Å². The molecule has 1 saturated heterocycles. The number of anilines is 6. The van der Waals surface area contributed by atoms with Gasteiger partial charge in [0, 0.05) is 55.5 Å². The maximum atomic E-state index is 15.3. The fraction of sp³-hybridized carbons (Fsp3) is 0.207. The average molecular weight is 544 g/mol. The summed E-state index contributed by atoms with van der Waals surface area (Å²) < 4.78 is 31.9.